The van der Waals surface area contributed by atoms with Crippen LogP contribution >= 0.6 is 0 Å². The molecular formula is C17H31N3O3. The fraction of sp³-hybridized carbons (Fsp3) is 0.882. The highest BCUT2D eigenvalue weighted by Crippen LogP contribution is 2.23. The van der Waals surface area contributed by atoms with E-state index in [-0.39, 0.29) is 5.91 Å². The first-order valence-electron chi connectivity index (χ1n) is 8.98. The van der Waals surface area contributed by atoms with Crippen molar-refractivity contribution in [1.82, 2.24) is 15.1 Å². The number of piperazine rings is 1. The molecule has 6 nitrogen and oxygen atoms in total. The van der Waals surface area contributed by atoms with Gasteiger partial charge in [-0.15, -0.1) is 0 Å². The van der Waals surface area contributed by atoms with Gasteiger partial charge in [0.15, 0.2) is 0 Å². The summed E-state index contributed by atoms with van der Waals surface area (Å²) in [6.45, 7) is 7.58. The molecule has 1 aliphatic carbocycles. The van der Waals surface area contributed by atoms with Gasteiger partial charge in [-0.25, -0.2) is 0 Å². The second kappa shape index (κ2) is 8.64. The predicted molar refractivity (Wildman–Crippen MR) is 89.3 cm³/mol. The van der Waals surface area contributed by atoms with Gasteiger partial charge in [0.25, 0.3) is 0 Å². The van der Waals surface area contributed by atoms with Gasteiger partial charge in [0, 0.05) is 32.2 Å². The van der Waals surface area contributed by atoms with Gasteiger partial charge in [0.2, 0.25) is 5.91 Å². The molecule has 0 aromatic carbocycles. The van der Waals surface area contributed by atoms with Crippen LogP contribution in [0.3, 0.4) is 0 Å². The number of carbonyl (C=O) groups is 2. The van der Waals surface area contributed by atoms with E-state index in [0.29, 0.717) is 19.0 Å². The van der Waals surface area contributed by atoms with Crippen molar-refractivity contribution >= 4 is 11.9 Å². The van der Waals surface area contributed by atoms with Crippen LogP contribution in [0.1, 0.15) is 46.0 Å². The van der Waals surface area contributed by atoms with E-state index in [1.807, 2.05) is 11.8 Å². The Bertz CT molecular complexity index is 400. The largest absolute Gasteiger partial charge is 0.480 e. The predicted octanol–water partition coefficient (Wildman–Crippen LogP) is 1.16. The molecule has 0 aromatic rings. The lowest BCUT2D eigenvalue weighted by atomic mass is 9.87. The maximum Gasteiger partial charge on any atom is 0.320 e. The van der Waals surface area contributed by atoms with Crippen molar-refractivity contribution in [1.29, 1.82) is 0 Å². The van der Waals surface area contributed by atoms with Crippen molar-refractivity contribution in [3.05, 3.63) is 0 Å². The Balaban J connectivity index is 1.69. The summed E-state index contributed by atoms with van der Waals surface area (Å²) in [6.07, 6.45) is 5.22. The van der Waals surface area contributed by atoms with Crippen LogP contribution in [-0.4, -0.2) is 71.6 Å². The highest BCUT2D eigenvalue weighted by Gasteiger charge is 2.28. The van der Waals surface area contributed by atoms with E-state index in [2.05, 4.69) is 17.1 Å². The van der Waals surface area contributed by atoms with Gasteiger partial charge in [-0.1, -0.05) is 13.8 Å². The summed E-state index contributed by atoms with van der Waals surface area (Å²) in [5, 5.41) is 12.4. The second-order valence-corrected chi connectivity index (χ2v) is 7.10. The number of rotatable bonds is 6. The molecular weight excluding hydrogens is 294 g/mol. The van der Waals surface area contributed by atoms with Crippen LogP contribution in [0, 0.1) is 5.92 Å². The van der Waals surface area contributed by atoms with Gasteiger partial charge >= 0.3 is 5.97 Å². The van der Waals surface area contributed by atoms with Crippen molar-refractivity contribution in [3.63, 3.8) is 0 Å². The molecule has 2 rings (SSSR count). The molecule has 1 saturated carbocycles. The minimum atomic E-state index is -0.745. The summed E-state index contributed by atoms with van der Waals surface area (Å²) in [5.74, 6) is 0.158. The number of hydrogen-bond acceptors (Lipinski definition) is 4. The third-order valence-corrected chi connectivity index (χ3v) is 5.27. The Labute approximate surface area is 139 Å². The Kier molecular flexibility index (Phi) is 6.84. The molecule has 132 valence electrons. The van der Waals surface area contributed by atoms with E-state index in [0.717, 1.165) is 44.9 Å². The SMILES string of the molecule is CCC(C(=O)O)N1CCN(CC(=O)NC2CCC(C)CC2)CC1. The first kappa shape index (κ1) is 18.2. The quantitative estimate of drug-likeness (QED) is 0.767. The third kappa shape index (κ3) is 5.46. The van der Waals surface area contributed by atoms with Crippen LogP contribution in [0.5, 0.6) is 0 Å². The molecule has 1 saturated heterocycles. The minimum absolute atomic E-state index is 0.114. The van der Waals surface area contributed by atoms with E-state index < -0.39 is 12.0 Å². The Morgan fingerprint density at radius 2 is 1.74 bits per heavy atom. The zero-order chi connectivity index (χ0) is 16.8. The van der Waals surface area contributed by atoms with Crippen molar-refractivity contribution in [2.24, 2.45) is 5.92 Å². The standard InChI is InChI=1S/C17H31N3O3/c1-3-15(17(22)23)20-10-8-19(9-11-20)12-16(21)18-14-6-4-13(2)5-7-14/h13-15H,3-12H2,1-2H3,(H,18,21)(H,22,23). The zero-order valence-electron chi connectivity index (χ0n) is 14.5. The number of amides is 1. The van der Waals surface area contributed by atoms with Gasteiger partial charge in [0.05, 0.1) is 6.54 Å². The lowest BCUT2D eigenvalue weighted by Crippen LogP contribution is -2.54. The van der Waals surface area contributed by atoms with Crippen LogP contribution in [0.4, 0.5) is 0 Å². The topological polar surface area (TPSA) is 72.9 Å². The molecule has 6 heteroatoms. The first-order chi connectivity index (χ1) is 11.0. The summed E-state index contributed by atoms with van der Waals surface area (Å²) in [4.78, 5) is 27.5. The number of nitrogens with zero attached hydrogens (tertiary/aromatic N) is 2. The first-order valence-corrected chi connectivity index (χ1v) is 8.98. The number of carbonyl (C=O) groups excluding carboxylic acids is 1. The van der Waals surface area contributed by atoms with E-state index in [4.69, 9.17) is 0 Å². The Morgan fingerprint density at radius 1 is 1.13 bits per heavy atom. The molecule has 0 aromatic heterocycles. The Hall–Kier alpha value is -1.14. The van der Waals surface area contributed by atoms with Gasteiger partial charge < -0.3 is 10.4 Å². The van der Waals surface area contributed by atoms with Crippen molar-refractivity contribution in [2.75, 3.05) is 32.7 Å². The average molecular weight is 325 g/mol. The van der Waals surface area contributed by atoms with Gasteiger partial charge in [-0.2, -0.15) is 0 Å². The van der Waals surface area contributed by atoms with Crippen LogP contribution in [-0.2, 0) is 9.59 Å². The van der Waals surface area contributed by atoms with Crippen molar-refractivity contribution in [3.8, 4) is 0 Å². The van der Waals surface area contributed by atoms with Crippen LogP contribution in [0.25, 0.3) is 0 Å². The molecule has 23 heavy (non-hydrogen) atoms. The van der Waals surface area contributed by atoms with Gasteiger partial charge in [-0.3, -0.25) is 19.4 Å². The van der Waals surface area contributed by atoms with Crippen molar-refractivity contribution < 1.29 is 14.7 Å². The van der Waals surface area contributed by atoms with E-state index in [9.17, 15) is 14.7 Å². The molecule has 0 bridgehead atoms. The maximum absolute atomic E-state index is 12.2. The molecule has 2 aliphatic rings. The highest BCUT2D eigenvalue weighted by atomic mass is 16.4. The summed E-state index contributed by atoms with van der Waals surface area (Å²) in [5.41, 5.74) is 0. The summed E-state index contributed by atoms with van der Waals surface area (Å²) in [7, 11) is 0. The minimum Gasteiger partial charge on any atom is -0.480 e. The summed E-state index contributed by atoms with van der Waals surface area (Å²) >= 11 is 0. The summed E-state index contributed by atoms with van der Waals surface area (Å²) in [6, 6.07) is -0.0494. The fourth-order valence-corrected chi connectivity index (χ4v) is 3.70. The van der Waals surface area contributed by atoms with Crippen LogP contribution in [0.15, 0.2) is 0 Å². The molecule has 1 amide bonds. The number of aliphatic carboxylic acids is 1. The van der Waals surface area contributed by atoms with Crippen molar-refractivity contribution in [2.45, 2.75) is 58.0 Å². The summed E-state index contributed by atoms with van der Waals surface area (Å²) < 4.78 is 0. The van der Waals surface area contributed by atoms with Crippen LogP contribution < -0.4 is 5.32 Å². The average Bonchev–Trinajstić information content (AvgIpc) is 2.51. The van der Waals surface area contributed by atoms with Crippen LogP contribution in [0.2, 0.25) is 0 Å². The smallest absolute Gasteiger partial charge is 0.320 e. The van der Waals surface area contributed by atoms with E-state index >= 15 is 0 Å². The molecule has 2 fully saturated rings. The lowest BCUT2D eigenvalue weighted by Gasteiger charge is -2.37. The van der Waals surface area contributed by atoms with Gasteiger partial charge in [-0.05, 0) is 38.0 Å². The number of carboxylic acids is 1. The highest BCUT2D eigenvalue weighted by molar-refractivity contribution is 5.78. The van der Waals surface area contributed by atoms with E-state index in [1.54, 1.807) is 0 Å². The molecule has 2 N–H and O–H groups in total. The molecule has 0 radical (unpaired) electrons. The zero-order valence-corrected chi connectivity index (χ0v) is 14.5. The normalized spacial score (nSPS) is 28.3. The maximum atomic E-state index is 12.2. The molecule has 1 unspecified atom stereocenters. The lowest BCUT2D eigenvalue weighted by molar-refractivity contribution is -0.144. The molecule has 1 aliphatic heterocycles. The third-order valence-electron chi connectivity index (χ3n) is 5.27. The molecule has 1 atom stereocenters. The second-order valence-electron chi connectivity index (χ2n) is 7.10. The Morgan fingerprint density at radius 3 is 2.26 bits per heavy atom. The number of carboxylic acid groups (broad SMARTS) is 1. The fourth-order valence-electron chi connectivity index (χ4n) is 3.70. The number of hydrogen-bond donors (Lipinski definition) is 2. The molecule has 1 heterocycles. The monoisotopic (exact) mass is 325 g/mol. The molecule has 0 spiro atoms. The van der Waals surface area contributed by atoms with Gasteiger partial charge in [0.1, 0.15) is 6.04 Å². The number of nitrogens with one attached hydrogen (secondary N) is 1. The van der Waals surface area contributed by atoms with E-state index in [1.165, 1.54) is 12.8 Å².